The molecule has 1 aromatic carbocycles. The molecule has 0 atom stereocenters. The lowest BCUT2D eigenvalue weighted by Crippen LogP contribution is -2.41. The molecule has 0 unspecified atom stereocenters. The first-order valence-corrected chi connectivity index (χ1v) is 11.6. The van der Waals surface area contributed by atoms with E-state index < -0.39 is 10.0 Å². The average Bonchev–Trinajstić information content (AvgIpc) is 2.68. The van der Waals surface area contributed by atoms with Crippen molar-refractivity contribution in [3.8, 4) is 0 Å². The Labute approximate surface area is 159 Å². The normalized spacial score (nSPS) is 20.3. The molecule has 26 heavy (non-hydrogen) atoms. The van der Waals surface area contributed by atoms with Gasteiger partial charge in [0.05, 0.1) is 23.7 Å². The number of sulfonamides is 1. The lowest BCUT2D eigenvalue weighted by atomic mass is 10.0. The van der Waals surface area contributed by atoms with Gasteiger partial charge in [-0.25, -0.2) is 8.42 Å². The molecule has 6 nitrogen and oxygen atoms in total. The highest BCUT2D eigenvalue weighted by Crippen LogP contribution is 2.28. The van der Waals surface area contributed by atoms with Crippen molar-refractivity contribution in [2.45, 2.75) is 29.6 Å². The number of thioether (sulfide) groups is 1. The summed E-state index contributed by atoms with van der Waals surface area (Å²) in [4.78, 5) is 15.7. The molecule has 0 radical (unpaired) electrons. The number of ether oxygens (including phenoxy) is 1. The smallest absolute Gasteiger partial charge is 0.255 e. The summed E-state index contributed by atoms with van der Waals surface area (Å²) in [6.45, 7) is 5.34. The molecule has 8 heteroatoms. The fraction of sp³-hybridized carbons (Fsp3) is 0.611. The van der Waals surface area contributed by atoms with E-state index in [9.17, 15) is 13.2 Å². The second kappa shape index (κ2) is 8.29. The summed E-state index contributed by atoms with van der Waals surface area (Å²) >= 11 is 1.46. The first kappa shape index (κ1) is 19.7. The van der Waals surface area contributed by atoms with Gasteiger partial charge in [-0.15, -0.1) is 11.8 Å². The van der Waals surface area contributed by atoms with Crippen LogP contribution in [0.4, 0.5) is 0 Å². The topological polar surface area (TPSA) is 66.9 Å². The Morgan fingerprint density at radius 1 is 1.15 bits per heavy atom. The SMILES string of the molecule is CSc1ccc(S(=O)(=O)N2CCC(C)CC2)cc1C(=O)N1CCOCC1. The minimum atomic E-state index is -3.57. The van der Waals surface area contributed by atoms with Crippen molar-refractivity contribution in [3.63, 3.8) is 0 Å². The number of morpholine rings is 1. The van der Waals surface area contributed by atoms with Gasteiger partial charge >= 0.3 is 0 Å². The lowest BCUT2D eigenvalue weighted by Gasteiger charge is -2.30. The Bertz CT molecular complexity index is 752. The Morgan fingerprint density at radius 2 is 1.81 bits per heavy atom. The first-order valence-electron chi connectivity index (χ1n) is 8.98. The maximum absolute atomic E-state index is 13.0. The van der Waals surface area contributed by atoms with Crippen molar-refractivity contribution in [2.75, 3.05) is 45.6 Å². The summed E-state index contributed by atoms with van der Waals surface area (Å²) in [5, 5.41) is 0. The summed E-state index contributed by atoms with van der Waals surface area (Å²) in [6, 6.07) is 4.92. The third kappa shape index (κ3) is 4.08. The maximum atomic E-state index is 13.0. The Kier molecular flexibility index (Phi) is 6.27. The van der Waals surface area contributed by atoms with Crippen LogP contribution in [-0.4, -0.2) is 69.2 Å². The van der Waals surface area contributed by atoms with E-state index in [0.29, 0.717) is 50.9 Å². The number of carbonyl (C=O) groups excluding carboxylic acids is 1. The van der Waals surface area contributed by atoms with Crippen molar-refractivity contribution in [2.24, 2.45) is 5.92 Å². The molecule has 2 heterocycles. The van der Waals surface area contributed by atoms with Gasteiger partial charge in [0.1, 0.15) is 0 Å². The number of rotatable bonds is 4. The molecule has 0 aliphatic carbocycles. The van der Waals surface area contributed by atoms with E-state index >= 15 is 0 Å². The molecule has 2 fully saturated rings. The van der Waals surface area contributed by atoms with Gasteiger partial charge in [0.2, 0.25) is 10.0 Å². The van der Waals surface area contributed by atoms with E-state index in [1.165, 1.54) is 11.8 Å². The summed E-state index contributed by atoms with van der Waals surface area (Å²) in [6.07, 6.45) is 3.65. The Balaban J connectivity index is 1.90. The molecule has 2 aliphatic rings. The summed E-state index contributed by atoms with van der Waals surface area (Å²) < 4.78 is 32.9. The van der Waals surface area contributed by atoms with Gasteiger partial charge in [-0.3, -0.25) is 4.79 Å². The average molecular weight is 399 g/mol. The standard InChI is InChI=1S/C18H26N2O4S2/c1-14-5-7-20(8-6-14)26(22,23)15-3-4-17(25-2)16(13-15)18(21)19-9-11-24-12-10-19/h3-4,13-14H,5-12H2,1-2H3. The molecule has 0 spiro atoms. The predicted molar refractivity (Wildman–Crippen MR) is 102 cm³/mol. The predicted octanol–water partition coefficient (Wildman–Crippen LogP) is 2.30. The van der Waals surface area contributed by atoms with Crippen LogP contribution in [-0.2, 0) is 14.8 Å². The van der Waals surface area contributed by atoms with Gasteiger partial charge in [0.15, 0.2) is 0 Å². The zero-order valence-corrected chi connectivity index (χ0v) is 16.9. The van der Waals surface area contributed by atoms with Crippen LogP contribution in [0.1, 0.15) is 30.1 Å². The number of piperidine rings is 1. The van der Waals surface area contributed by atoms with E-state index in [4.69, 9.17) is 4.74 Å². The van der Waals surface area contributed by atoms with Crippen molar-refractivity contribution >= 4 is 27.7 Å². The van der Waals surface area contributed by atoms with Crippen LogP contribution in [0.2, 0.25) is 0 Å². The van der Waals surface area contributed by atoms with Gasteiger partial charge in [0, 0.05) is 31.1 Å². The molecule has 2 aliphatic heterocycles. The molecule has 0 saturated carbocycles. The van der Waals surface area contributed by atoms with E-state index in [0.717, 1.165) is 17.7 Å². The molecular formula is C18H26N2O4S2. The van der Waals surface area contributed by atoms with Crippen molar-refractivity contribution in [1.29, 1.82) is 0 Å². The zero-order valence-electron chi connectivity index (χ0n) is 15.3. The Hall–Kier alpha value is -1.09. The second-order valence-corrected chi connectivity index (χ2v) is 9.64. The molecular weight excluding hydrogens is 372 g/mol. The molecule has 1 amide bonds. The molecule has 0 aromatic heterocycles. The highest BCUT2D eigenvalue weighted by Gasteiger charge is 2.30. The van der Waals surface area contributed by atoms with Gasteiger partial charge in [0.25, 0.3) is 5.91 Å². The minimum absolute atomic E-state index is 0.123. The highest BCUT2D eigenvalue weighted by atomic mass is 32.2. The van der Waals surface area contributed by atoms with E-state index in [2.05, 4.69) is 6.92 Å². The maximum Gasteiger partial charge on any atom is 0.255 e. The van der Waals surface area contributed by atoms with Gasteiger partial charge in [-0.1, -0.05) is 6.92 Å². The molecule has 0 bridgehead atoms. The largest absolute Gasteiger partial charge is 0.378 e. The van der Waals surface area contributed by atoms with Crippen molar-refractivity contribution in [3.05, 3.63) is 23.8 Å². The number of amides is 1. The molecule has 3 rings (SSSR count). The van der Waals surface area contributed by atoms with Gasteiger partial charge in [-0.05, 0) is 43.2 Å². The number of benzene rings is 1. The third-order valence-corrected chi connectivity index (χ3v) is 7.77. The highest BCUT2D eigenvalue weighted by molar-refractivity contribution is 7.98. The summed E-state index contributed by atoms with van der Waals surface area (Å²) in [7, 11) is -3.57. The second-order valence-electron chi connectivity index (χ2n) is 6.85. The van der Waals surface area contributed by atoms with E-state index in [1.807, 2.05) is 6.26 Å². The third-order valence-electron chi connectivity index (χ3n) is 5.08. The van der Waals surface area contributed by atoms with E-state index in [1.54, 1.807) is 27.4 Å². The molecule has 1 aromatic rings. The van der Waals surface area contributed by atoms with Crippen LogP contribution in [0.3, 0.4) is 0 Å². The minimum Gasteiger partial charge on any atom is -0.378 e. The molecule has 2 saturated heterocycles. The number of hydrogen-bond donors (Lipinski definition) is 0. The van der Waals surface area contributed by atoms with Crippen LogP contribution < -0.4 is 0 Å². The zero-order chi connectivity index (χ0) is 18.7. The van der Waals surface area contributed by atoms with E-state index in [-0.39, 0.29) is 10.8 Å². The van der Waals surface area contributed by atoms with Crippen LogP contribution in [0.25, 0.3) is 0 Å². The number of nitrogens with zero attached hydrogens (tertiary/aromatic N) is 2. The van der Waals surface area contributed by atoms with Crippen molar-refractivity contribution < 1.29 is 17.9 Å². The monoisotopic (exact) mass is 398 g/mol. The van der Waals surface area contributed by atoms with Crippen LogP contribution in [0.5, 0.6) is 0 Å². The number of hydrogen-bond acceptors (Lipinski definition) is 5. The van der Waals surface area contributed by atoms with Crippen LogP contribution >= 0.6 is 11.8 Å². The quantitative estimate of drug-likeness (QED) is 0.728. The van der Waals surface area contributed by atoms with Gasteiger partial charge < -0.3 is 9.64 Å². The first-order chi connectivity index (χ1) is 12.4. The Morgan fingerprint density at radius 3 is 2.42 bits per heavy atom. The molecule has 0 N–H and O–H groups in total. The van der Waals surface area contributed by atoms with Gasteiger partial charge in [-0.2, -0.15) is 4.31 Å². The van der Waals surface area contributed by atoms with Crippen LogP contribution in [0.15, 0.2) is 28.0 Å². The molecule has 144 valence electrons. The number of carbonyl (C=O) groups is 1. The summed E-state index contributed by atoms with van der Waals surface area (Å²) in [5.74, 6) is 0.431. The van der Waals surface area contributed by atoms with Crippen molar-refractivity contribution in [1.82, 2.24) is 9.21 Å². The summed E-state index contributed by atoms with van der Waals surface area (Å²) in [5.41, 5.74) is 0.464. The fourth-order valence-electron chi connectivity index (χ4n) is 3.33. The van der Waals surface area contributed by atoms with Crippen LogP contribution in [0, 0.1) is 5.92 Å². The fourth-order valence-corrected chi connectivity index (χ4v) is 5.39. The lowest BCUT2D eigenvalue weighted by molar-refractivity contribution is 0.0300.